The summed E-state index contributed by atoms with van der Waals surface area (Å²) < 4.78 is 19.2. The van der Waals surface area contributed by atoms with Crippen LogP contribution in [0.3, 0.4) is 0 Å². The van der Waals surface area contributed by atoms with Crippen LogP contribution in [0.5, 0.6) is 5.75 Å². The minimum absolute atomic E-state index is 0.234. The minimum atomic E-state index is -0.293. The van der Waals surface area contributed by atoms with E-state index in [0.29, 0.717) is 17.4 Å². The average Bonchev–Trinajstić information content (AvgIpc) is 3.23. The molecule has 1 aliphatic heterocycles. The first-order valence-electron chi connectivity index (χ1n) is 10.1. The van der Waals surface area contributed by atoms with Crippen LogP contribution in [0.25, 0.3) is 11.3 Å². The number of benzene rings is 3. The average molecular weight is 447 g/mol. The fraction of sp³-hybridized carbons (Fsp3) is 0.0800. The first-order chi connectivity index (χ1) is 15.6. The summed E-state index contributed by atoms with van der Waals surface area (Å²) in [6.07, 6.45) is 1.84. The van der Waals surface area contributed by atoms with Gasteiger partial charge in [0.05, 0.1) is 16.4 Å². The van der Waals surface area contributed by atoms with E-state index in [4.69, 9.17) is 22.1 Å². The van der Waals surface area contributed by atoms with Crippen molar-refractivity contribution in [2.75, 3.05) is 17.3 Å². The number of aromatic nitrogens is 1. The molecular formula is C25H20ClFN4O. The standard InChI is InChI=1S/C25H20ClFN4O/c26-21-11-20(8-9-25(21)32-14-16-2-1-3-18(27)10-16)31-15-29-13-23-24(31)12-22(30-23)17-4-6-19(28)7-5-17/h1-13,30H,14-15,28H2. The highest BCUT2D eigenvalue weighted by molar-refractivity contribution is 6.32. The van der Waals surface area contributed by atoms with Crippen molar-refractivity contribution in [2.45, 2.75) is 6.61 Å². The number of hydrogen-bond acceptors (Lipinski definition) is 4. The Morgan fingerprint density at radius 1 is 1.06 bits per heavy atom. The molecular weight excluding hydrogens is 427 g/mol. The first-order valence-corrected chi connectivity index (χ1v) is 10.5. The number of halogens is 2. The fourth-order valence-corrected chi connectivity index (χ4v) is 3.90. The Kier molecular flexibility index (Phi) is 5.29. The molecule has 160 valence electrons. The Bertz CT molecular complexity index is 1300. The Labute approximate surface area is 189 Å². The number of fused-ring (bicyclic) bond motifs is 1. The molecule has 0 atom stereocenters. The monoisotopic (exact) mass is 446 g/mol. The predicted molar refractivity (Wildman–Crippen MR) is 127 cm³/mol. The molecule has 0 spiro atoms. The van der Waals surface area contributed by atoms with Crippen LogP contribution in [0.2, 0.25) is 5.02 Å². The molecule has 0 unspecified atom stereocenters. The third kappa shape index (κ3) is 4.05. The molecule has 0 fully saturated rings. The molecule has 4 aromatic rings. The Morgan fingerprint density at radius 2 is 1.91 bits per heavy atom. The summed E-state index contributed by atoms with van der Waals surface area (Å²) in [5.41, 5.74) is 12.1. The summed E-state index contributed by atoms with van der Waals surface area (Å²) >= 11 is 6.51. The van der Waals surface area contributed by atoms with Crippen LogP contribution in [-0.4, -0.2) is 17.9 Å². The van der Waals surface area contributed by atoms with E-state index < -0.39 is 0 Å². The van der Waals surface area contributed by atoms with E-state index in [1.54, 1.807) is 6.07 Å². The number of aromatic amines is 1. The van der Waals surface area contributed by atoms with Gasteiger partial charge in [-0.1, -0.05) is 35.9 Å². The third-order valence-electron chi connectivity index (χ3n) is 5.29. The van der Waals surface area contributed by atoms with Crippen LogP contribution < -0.4 is 15.4 Å². The van der Waals surface area contributed by atoms with Crippen molar-refractivity contribution in [1.29, 1.82) is 0 Å². The maximum Gasteiger partial charge on any atom is 0.138 e. The van der Waals surface area contributed by atoms with Gasteiger partial charge in [0.1, 0.15) is 24.8 Å². The van der Waals surface area contributed by atoms with Gasteiger partial charge in [0.2, 0.25) is 0 Å². The third-order valence-corrected chi connectivity index (χ3v) is 5.59. The number of nitrogens with zero attached hydrogens (tertiary/aromatic N) is 2. The van der Waals surface area contributed by atoms with Crippen LogP contribution in [0, 0.1) is 5.82 Å². The van der Waals surface area contributed by atoms with Gasteiger partial charge in [0.15, 0.2) is 0 Å². The van der Waals surface area contributed by atoms with Gasteiger partial charge in [-0.3, -0.25) is 4.99 Å². The highest BCUT2D eigenvalue weighted by Gasteiger charge is 2.20. The molecule has 32 heavy (non-hydrogen) atoms. The van der Waals surface area contributed by atoms with Crippen molar-refractivity contribution in [3.63, 3.8) is 0 Å². The molecule has 1 aliphatic rings. The topological polar surface area (TPSA) is 66.6 Å². The predicted octanol–water partition coefficient (Wildman–Crippen LogP) is 6.16. The smallest absolute Gasteiger partial charge is 0.138 e. The Balaban J connectivity index is 1.38. The van der Waals surface area contributed by atoms with E-state index in [9.17, 15) is 4.39 Å². The number of nitrogens with two attached hydrogens (primary N) is 1. The zero-order valence-corrected chi connectivity index (χ0v) is 17.8. The van der Waals surface area contributed by atoms with Gasteiger partial charge in [0, 0.05) is 23.3 Å². The van der Waals surface area contributed by atoms with Gasteiger partial charge < -0.3 is 20.4 Å². The highest BCUT2D eigenvalue weighted by Crippen LogP contribution is 2.37. The normalized spacial score (nSPS) is 12.6. The van der Waals surface area contributed by atoms with Gasteiger partial charge in [-0.15, -0.1) is 0 Å². The Hall–Kier alpha value is -3.77. The van der Waals surface area contributed by atoms with Gasteiger partial charge in [-0.25, -0.2) is 4.39 Å². The van der Waals surface area contributed by atoms with Crippen LogP contribution in [0.1, 0.15) is 11.3 Å². The van der Waals surface area contributed by atoms with Crippen molar-refractivity contribution < 1.29 is 9.13 Å². The van der Waals surface area contributed by atoms with Gasteiger partial charge in [-0.2, -0.15) is 0 Å². The maximum absolute atomic E-state index is 13.4. The summed E-state index contributed by atoms with van der Waals surface area (Å²) in [6, 6.07) is 21.7. The van der Waals surface area contributed by atoms with Gasteiger partial charge in [-0.05, 0) is 59.7 Å². The van der Waals surface area contributed by atoms with Crippen LogP contribution >= 0.6 is 11.6 Å². The van der Waals surface area contributed by atoms with Crippen molar-refractivity contribution in [3.05, 3.63) is 94.9 Å². The van der Waals surface area contributed by atoms with Crippen LogP contribution in [0.15, 0.2) is 77.8 Å². The molecule has 0 aliphatic carbocycles. The molecule has 0 saturated heterocycles. The lowest BCUT2D eigenvalue weighted by Gasteiger charge is -2.25. The zero-order valence-electron chi connectivity index (χ0n) is 17.1. The van der Waals surface area contributed by atoms with Crippen molar-refractivity contribution in [3.8, 4) is 17.0 Å². The number of nitrogen functional groups attached to an aromatic ring is 1. The number of aliphatic imine (C=N–C) groups is 1. The second kappa shape index (κ2) is 8.40. The molecule has 0 amide bonds. The summed E-state index contributed by atoms with van der Waals surface area (Å²) in [7, 11) is 0. The van der Waals surface area contributed by atoms with E-state index in [1.165, 1.54) is 12.1 Å². The second-order valence-corrected chi connectivity index (χ2v) is 7.93. The van der Waals surface area contributed by atoms with Gasteiger partial charge >= 0.3 is 0 Å². The molecule has 5 nitrogen and oxygen atoms in total. The van der Waals surface area contributed by atoms with E-state index >= 15 is 0 Å². The molecule has 7 heteroatoms. The number of ether oxygens (including phenoxy) is 1. The lowest BCUT2D eigenvalue weighted by Crippen LogP contribution is -2.21. The number of hydrogen-bond donors (Lipinski definition) is 2. The second-order valence-electron chi connectivity index (χ2n) is 7.52. The van der Waals surface area contributed by atoms with E-state index in [-0.39, 0.29) is 12.4 Å². The van der Waals surface area contributed by atoms with E-state index in [0.717, 1.165) is 39.6 Å². The van der Waals surface area contributed by atoms with Crippen LogP contribution in [0.4, 0.5) is 21.5 Å². The van der Waals surface area contributed by atoms with Gasteiger partial charge in [0.25, 0.3) is 0 Å². The lowest BCUT2D eigenvalue weighted by molar-refractivity contribution is 0.306. The lowest BCUT2D eigenvalue weighted by atomic mass is 10.1. The largest absolute Gasteiger partial charge is 0.487 e. The minimum Gasteiger partial charge on any atom is -0.487 e. The van der Waals surface area contributed by atoms with Crippen LogP contribution in [-0.2, 0) is 6.61 Å². The highest BCUT2D eigenvalue weighted by atomic mass is 35.5. The quantitative estimate of drug-likeness (QED) is 0.360. The SMILES string of the molecule is Nc1ccc(-c2cc3c([nH]2)C=NCN3c2ccc(OCc3cccc(F)c3)c(Cl)c2)cc1. The summed E-state index contributed by atoms with van der Waals surface area (Å²) in [5, 5.41) is 0.476. The number of H-pyrrole nitrogens is 1. The van der Waals surface area contributed by atoms with Crippen molar-refractivity contribution in [2.24, 2.45) is 4.99 Å². The molecule has 3 aromatic carbocycles. The first kappa shape index (κ1) is 20.2. The number of anilines is 3. The fourth-order valence-electron chi connectivity index (χ4n) is 3.67. The summed E-state index contributed by atoms with van der Waals surface area (Å²) in [6.45, 7) is 0.712. The van der Waals surface area contributed by atoms with Crippen molar-refractivity contribution >= 4 is 34.9 Å². The molecule has 0 bridgehead atoms. The Morgan fingerprint density at radius 3 is 2.69 bits per heavy atom. The molecule has 3 N–H and O–H groups in total. The zero-order chi connectivity index (χ0) is 22.1. The molecule has 5 rings (SSSR count). The molecule has 2 heterocycles. The molecule has 1 aromatic heterocycles. The van der Waals surface area contributed by atoms with E-state index in [1.807, 2.05) is 54.7 Å². The van der Waals surface area contributed by atoms with E-state index in [2.05, 4.69) is 20.9 Å². The number of rotatable bonds is 5. The molecule has 0 saturated carbocycles. The summed E-state index contributed by atoms with van der Waals surface area (Å²) in [4.78, 5) is 9.97. The number of nitrogens with one attached hydrogen (secondary N) is 1. The van der Waals surface area contributed by atoms with Crippen molar-refractivity contribution in [1.82, 2.24) is 4.98 Å². The summed E-state index contributed by atoms with van der Waals surface area (Å²) in [5.74, 6) is 0.246. The molecule has 0 radical (unpaired) electrons. The maximum atomic E-state index is 13.4.